The predicted molar refractivity (Wildman–Crippen MR) is 95.1 cm³/mol. The topological polar surface area (TPSA) is 34.0 Å². The molecular formula is C20H22N4. The van der Waals surface area contributed by atoms with Crippen LogP contribution in [0.3, 0.4) is 0 Å². The van der Waals surface area contributed by atoms with Gasteiger partial charge in [-0.2, -0.15) is 0 Å². The van der Waals surface area contributed by atoms with Gasteiger partial charge in [0, 0.05) is 37.1 Å². The highest BCUT2D eigenvalue weighted by atomic mass is 15.1. The van der Waals surface area contributed by atoms with E-state index in [1.807, 2.05) is 16.8 Å². The van der Waals surface area contributed by atoms with Gasteiger partial charge < -0.3 is 0 Å². The summed E-state index contributed by atoms with van der Waals surface area (Å²) in [6.07, 6.45) is 7.97. The Kier molecular flexibility index (Phi) is 4.38. The number of aromatic nitrogens is 3. The van der Waals surface area contributed by atoms with E-state index in [1.165, 1.54) is 30.6 Å². The van der Waals surface area contributed by atoms with E-state index < -0.39 is 0 Å². The summed E-state index contributed by atoms with van der Waals surface area (Å²) >= 11 is 0. The number of nitrogens with zero attached hydrogens (tertiary/aromatic N) is 4. The Balaban J connectivity index is 1.49. The van der Waals surface area contributed by atoms with Crippen LogP contribution < -0.4 is 0 Å². The molecule has 4 nitrogen and oxygen atoms in total. The van der Waals surface area contributed by atoms with E-state index in [1.54, 1.807) is 12.5 Å². The summed E-state index contributed by atoms with van der Waals surface area (Å²) in [6, 6.07) is 17.0. The van der Waals surface area contributed by atoms with E-state index in [9.17, 15) is 0 Å². The average Bonchev–Trinajstić information content (AvgIpc) is 3.18. The molecule has 0 N–H and O–H groups in total. The van der Waals surface area contributed by atoms with Crippen molar-refractivity contribution in [3.8, 4) is 5.82 Å². The zero-order valence-corrected chi connectivity index (χ0v) is 13.8. The number of piperidine rings is 1. The van der Waals surface area contributed by atoms with Crippen molar-refractivity contribution in [1.82, 2.24) is 19.4 Å². The Morgan fingerprint density at radius 3 is 2.79 bits per heavy atom. The first kappa shape index (κ1) is 15.1. The summed E-state index contributed by atoms with van der Waals surface area (Å²) in [4.78, 5) is 11.5. The normalized spacial score (nSPS) is 18.6. The molecule has 0 radical (unpaired) electrons. The van der Waals surface area contributed by atoms with Gasteiger partial charge in [0.2, 0.25) is 0 Å². The van der Waals surface area contributed by atoms with Crippen LogP contribution in [0.4, 0.5) is 0 Å². The molecule has 1 saturated heterocycles. The number of imidazole rings is 1. The Bertz CT molecular complexity index is 767. The maximum Gasteiger partial charge on any atom is 0.138 e. The second-order valence-electron chi connectivity index (χ2n) is 6.45. The van der Waals surface area contributed by atoms with Crippen LogP contribution in [-0.4, -0.2) is 32.5 Å². The third kappa shape index (κ3) is 3.39. The Morgan fingerprint density at radius 2 is 1.96 bits per heavy atom. The average molecular weight is 318 g/mol. The molecule has 0 amide bonds. The molecule has 1 fully saturated rings. The number of hydrogen-bond acceptors (Lipinski definition) is 3. The van der Waals surface area contributed by atoms with Gasteiger partial charge in [-0.1, -0.05) is 36.4 Å². The fourth-order valence-electron chi connectivity index (χ4n) is 3.49. The van der Waals surface area contributed by atoms with Crippen molar-refractivity contribution in [3.05, 3.63) is 78.5 Å². The molecule has 0 spiro atoms. The van der Waals surface area contributed by atoms with Crippen molar-refractivity contribution in [2.24, 2.45) is 0 Å². The predicted octanol–water partition coefficient (Wildman–Crippen LogP) is 3.65. The summed E-state index contributed by atoms with van der Waals surface area (Å²) in [5.41, 5.74) is 2.58. The standard InChI is InChI=1S/C20H22N4/c1-2-6-17(7-3-1)14-23-12-5-8-18(15-23)19-9-4-10-20(22-19)24-13-11-21-16-24/h1-4,6-7,9-11,13,16,18H,5,8,12,14-15H2/t18-/m1/s1. The first-order valence-electron chi connectivity index (χ1n) is 8.60. The first-order valence-corrected chi connectivity index (χ1v) is 8.60. The minimum atomic E-state index is 0.505. The molecule has 0 saturated carbocycles. The molecule has 1 aromatic carbocycles. The van der Waals surface area contributed by atoms with Gasteiger partial charge in [0.25, 0.3) is 0 Å². The Hall–Kier alpha value is -2.46. The zero-order chi connectivity index (χ0) is 16.2. The maximum absolute atomic E-state index is 4.88. The maximum atomic E-state index is 4.88. The van der Waals surface area contributed by atoms with Gasteiger partial charge in [0.1, 0.15) is 12.1 Å². The molecule has 2 aromatic heterocycles. The lowest BCUT2D eigenvalue weighted by atomic mass is 9.94. The van der Waals surface area contributed by atoms with Crippen LogP contribution in [0.25, 0.3) is 5.82 Å². The van der Waals surface area contributed by atoms with Crippen LogP contribution in [0.1, 0.15) is 30.0 Å². The fourth-order valence-corrected chi connectivity index (χ4v) is 3.49. The van der Waals surface area contributed by atoms with Gasteiger partial charge in [-0.15, -0.1) is 0 Å². The highest BCUT2D eigenvalue weighted by Gasteiger charge is 2.22. The quantitative estimate of drug-likeness (QED) is 0.736. The zero-order valence-electron chi connectivity index (χ0n) is 13.8. The van der Waals surface area contributed by atoms with E-state index in [0.29, 0.717) is 5.92 Å². The van der Waals surface area contributed by atoms with Crippen molar-refractivity contribution in [2.45, 2.75) is 25.3 Å². The van der Waals surface area contributed by atoms with Gasteiger partial charge >= 0.3 is 0 Å². The molecule has 1 aliphatic rings. The SMILES string of the molecule is c1ccc(CN2CCC[C@@H](c3cccc(-n4ccnc4)n3)C2)cc1. The third-order valence-electron chi connectivity index (χ3n) is 4.70. The fraction of sp³-hybridized carbons (Fsp3) is 0.300. The van der Waals surface area contributed by atoms with Crippen molar-refractivity contribution in [1.29, 1.82) is 0 Å². The molecule has 0 bridgehead atoms. The summed E-state index contributed by atoms with van der Waals surface area (Å²) < 4.78 is 1.97. The Morgan fingerprint density at radius 1 is 1.04 bits per heavy atom. The minimum Gasteiger partial charge on any atom is -0.298 e. The lowest BCUT2D eigenvalue weighted by Gasteiger charge is -2.32. The summed E-state index contributed by atoms with van der Waals surface area (Å²) in [6.45, 7) is 3.28. The largest absolute Gasteiger partial charge is 0.298 e. The summed E-state index contributed by atoms with van der Waals surface area (Å²) in [5, 5.41) is 0. The highest BCUT2D eigenvalue weighted by molar-refractivity contribution is 5.26. The van der Waals surface area contributed by atoms with Crippen molar-refractivity contribution in [2.75, 3.05) is 13.1 Å². The Labute approximate surface area is 142 Å². The molecule has 4 heteroatoms. The van der Waals surface area contributed by atoms with Crippen LogP contribution in [0.2, 0.25) is 0 Å². The molecular weight excluding hydrogens is 296 g/mol. The van der Waals surface area contributed by atoms with E-state index in [0.717, 1.165) is 18.9 Å². The molecule has 1 atom stereocenters. The molecule has 3 aromatic rings. The van der Waals surface area contributed by atoms with Crippen LogP contribution in [0.5, 0.6) is 0 Å². The van der Waals surface area contributed by atoms with Gasteiger partial charge in [0.05, 0.1) is 0 Å². The lowest BCUT2D eigenvalue weighted by Crippen LogP contribution is -2.34. The molecule has 0 unspecified atom stereocenters. The number of rotatable bonds is 4. The second-order valence-corrected chi connectivity index (χ2v) is 6.45. The van der Waals surface area contributed by atoms with Crippen molar-refractivity contribution in [3.63, 3.8) is 0 Å². The molecule has 4 rings (SSSR count). The molecule has 122 valence electrons. The molecule has 3 heterocycles. The van der Waals surface area contributed by atoms with Gasteiger partial charge in [-0.25, -0.2) is 9.97 Å². The van der Waals surface area contributed by atoms with Crippen LogP contribution in [0, 0.1) is 0 Å². The van der Waals surface area contributed by atoms with Gasteiger partial charge in [0.15, 0.2) is 0 Å². The summed E-state index contributed by atoms with van der Waals surface area (Å²) in [5.74, 6) is 1.45. The summed E-state index contributed by atoms with van der Waals surface area (Å²) in [7, 11) is 0. The second kappa shape index (κ2) is 6.97. The lowest BCUT2D eigenvalue weighted by molar-refractivity contribution is 0.198. The third-order valence-corrected chi connectivity index (χ3v) is 4.70. The van der Waals surface area contributed by atoms with Crippen LogP contribution in [0.15, 0.2) is 67.3 Å². The number of pyridine rings is 1. The van der Waals surface area contributed by atoms with E-state index in [2.05, 4.69) is 52.3 Å². The molecule has 0 aliphatic carbocycles. The number of likely N-dealkylation sites (tertiary alicyclic amines) is 1. The van der Waals surface area contributed by atoms with E-state index >= 15 is 0 Å². The molecule has 24 heavy (non-hydrogen) atoms. The van der Waals surface area contributed by atoms with Crippen molar-refractivity contribution >= 4 is 0 Å². The van der Waals surface area contributed by atoms with Crippen LogP contribution in [-0.2, 0) is 6.54 Å². The highest BCUT2D eigenvalue weighted by Crippen LogP contribution is 2.27. The van der Waals surface area contributed by atoms with Crippen molar-refractivity contribution < 1.29 is 0 Å². The van der Waals surface area contributed by atoms with E-state index in [-0.39, 0.29) is 0 Å². The smallest absolute Gasteiger partial charge is 0.138 e. The molecule has 1 aliphatic heterocycles. The number of hydrogen-bond donors (Lipinski definition) is 0. The van der Waals surface area contributed by atoms with E-state index in [4.69, 9.17) is 4.98 Å². The van der Waals surface area contributed by atoms with Gasteiger partial charge in [-0.05, 0) is 37.1 Å². The first-order chi connectivity index (χ1) is 11.9. The number of benzene rings is 1. The van der Waals surface area contributed by atoms with Gasteiger partial charge in [-0.3, -0.25) is 9.47 Å². The van der Waals surface area contributed by atoms with Crippen LogP contribution >= 0.6 is 0 Å². The monoisotopic (exact) mass is 318 g/mol. The minimum absolute atomic E-state index is 0.505.